The maximum Gasteiger partial charge on any atom is 0.257 e. The van der Waals surface area contributed by atoms with Gasteiger partial charge in [-0.15, -0.1) is 0 Å². The minimum absolute atomic E-state index is 0.146. The van der Waals surface area contributed by atoms with Gasteiger partial charge in [0.1, 0.15) is 0 Å². The SMILES string of the molecule is CC(C)N(Cc1ccccc1)S(=O)(=O)c1ccc(C(=O)Nc2nc3c(Br)cccc3s2)cc1. The molecule has 1 amide bonds. The molecule has 0 aliphatic rings. The van der Waals surface area contributed by atoms with Crippen LogP contribution in [-0.2, 0) is 16.6 Å². The molecule has 0 spiro atoms. The molecule has 1 heterocycles. The first-order valence-corrected chi connectivity index (χ1v) is 13.3. The Kier molecular flexibility index (Phi) is 6.94. The van der Waals surface area contributed by atoms with E-state index in [1.165, 1.54) is 39.9 Å². The van der Waals surface area contributed by atoms with Crippen molar-refractivity contribution in [3.8, 4) is 0 Å². The van der Waals surface area contributed by atoms with E-state index in [0.717, 1.165) is 20.3 Å². The molecule has 1 aromatic heterocycles. The van der Waals surface area contributed by atoms with E-state index in [0.29, 0.717) is 10.7 Å². The fraction of sp³-hybridized carbons (Fsp3) is 0.167. The Morgan fingerprint density at radius 2 is 1.73 bits per heavy atom. The summed E-state index contributed by atoms with van der Waals surface area (Å²) >= 11 is 4.84. The van der Waals surface area contributed by atoms with E-state index in [4.69, 9.17) is 0 Å². The Bertz CT molecular complexity index is 1390. The number of amides is 1. The highest BCUT2D eigenvalue weighted by Gasteiger charge is 2.27. The van der Waals surface area contributed by atoms with Gasteiger partial charge < -0.3 is 0 Å². The van der Waals surface area contributed by atoms with Crippen molar-refractivity contribution in [1.82, 2.24) is 9.29 Å². The quantitative estimate of drug-likeness (QED) is 0.314. The number of aromatic nitrogens is 1. The van der Waals surface area contributed by atoms with Crippen LogP contribution < -0.4 is 5.32 Å². The maximum atomic E-state index is 13.3. The highest BCUT2D eigenvalue weighted by Crippen LogP contribution is 2.31. The zero-order valence-electron chi connectivity index (χ0n) is 18.0. The van der Waals surface area contributed by atoms with Crippen molar-refractivity contribution in [2.45, 2.75) is 31.3 Å². The van der Waals surface area contributed by atoms with Crippen molar-refractivity contribution in [3.05, 3.63) is 88.4 Å². The second-order valence-electron chi connectivity index (χ2n) is 7.71. The number of thiazole rings is 1. The van der Waals surface area contributed by atoms with Gasteiger partial charge in [-0.05, 0) is 71.7 Å². The number of anilines is 1. The number of fused-ring (bicyclic) bond motifs is 1. The number of nitrogens with zero attached hydrogens (tertiary/aromatic N) is 2. The van der Waals surface area contributed by atoms with Gasteiger partial charge in [-0.1, -0.05) is 47.7 Å². The Morgan fingerprint density at radius 1 is 1.03 bits per heavy atom. The summed E-state index contributed by atoms with van der Waals surface area (Å²) in [6.45, 7) is 3.97. The number of rotatable bonds is 7. The van der Waals surface area contributed by atoms with Crippen LogP contribution in [0.3, 0.4) is 0 Å². The second kappa shape index (κ2) is 9.72. The van der Waals surface area contributed by atoms with Crippen LogP contribution in [0.5, 0.6) is 0 Å². The van der Waals surface area contributed by atoms with Crippen molar-refractivity contribution in [3.63, 3.8) is 0 Å². The van der Waals surface area contributed by atoms with Crippen molar-refractivity contribution < 1.29 is 13.2 Å². The van der Waals surface area contributed by atoms with E-state index in [1.807, 2.05) is 62.4 Å². The normalized spacial score (nSPS) is 11.9. The van der Waals surface area contributed by atoms with E-state index < -0.39 is 10.0 Å². The van der Waals surface area contributed by atoms with Crippen LogP contribution in [0.25, 0.3) is 10.2 Å². The van der Waals surface area contributed by atoms with Crippen LogP contribution in [0.4, 0.5) is 5.13 Å². The van der Waals surface area contributed by atoms with Crippen LogP contribution in [0, 0.1) is 0 Å². The third kappa shape index (κ3) is 5.16. The lowest BCUT2D eigenvalue weighted by Gasteiger charge is -2.26. The summed E-state index contributed by atoms with van der Waals surface area (Å²) in [6, 6.07) is 21.0. The van der Waals surface area contributed by atoms with E-state index >= 15 is 0 Å². The molecule has 170 valence electrons. The van der Waals surface area contributed by atoms with Crippen LogP contribution in [-0.4, -0.2) is 29.7 Å². The fourth-order valence-electron chi connectivity index (χ4n) is 3.36. The monoisotopic (exact) mass is 543 g/mol. The first-order chi connectivity index (χ1) is 15.8. The molecule has 0 aliphatic carbocycles. The molecule has 0 radical (unpaired) electrons. The highest BCUT2D eigenvalue weighted by atomic mass is 79.9. The van der Waals surface area contributed by atoms with E-state index in [-0.39, 0.29) is 23.4 Å². The summed E-state index contributed by atoms with van der Waals surface area (Å²) in [4.78, 5) is 17.3. The van der Waals surface area contributed by atoms with Crippen LogP contribution in [0.2, 0.25) is 0 Å². The van der Waals surface area contributed by atoms with Gasteiger partial charge in [-0.25, -0.2) is 13.4 Å². The third-order valence-electron chi connectivity index (χ3n) is 5.07. The minimum Gasteiger partial charge on any atom is -0.298 e. The van der Waals surface area contributed by atoms with Crippen LogP contribution >= 0.6 is 27.3 Å². The fourth-order valence-corrected chi connectivity index (χ4v) is 6.46. The molecule has 0 aliphatic heterocycles. The maximum absolute atomic E-state index is 13.3. The van der Waals surface area contributed by atoms with Gasteiger partial charge >= 0.3 is 0 Å². The first-order valence-electron chi connectivity index (χ1n) is 10.3. The second-order valence-corrected chi connectivity index (χ2v) is 11.5. The zero-order chi connectivity index (χ0) is 23.6. The molecule has 33 heavy (non-hydrogen) atoms. The number of benzene rings is 3. The number of para-hydroxylation sites is 1. The summed E-state index contributed by atoms with van der Waals surface area (Å²) in [5, 5.41) is 3.27. The van der Waals surface area contributed by atoms with Crippen molar-refractivity contribution in [2.75, 3.05) is 5.32 Å². The highest BCUT2D eigenvalue weighted by molar-refractivity contribution is 9.10. The molecule has 9 heteroatoms. The van der Waals surface area contributed by atoms with E-state index in [1.54, 1.807) is 0 Å². The van der Waals surface area contributed by atoms with Crippen molar-refractivity contribution in [1.29, 1.82) is 0 Å². The van der Waals surface area contributed by atoms with Gasteiger partial charge in [-0.3, -0.25) is 10.1 Å². The van der Waals surface area contributed by atoms with Crippen LogP contribution in [0.15, 0.2) is 82.2 Å². The van der Waals surface area contributed by atoms with Crippen molar-refractivity contribution in [2.24, 2.45) is 0 Å². The number of halogens is 1. The number of nitrogens with one attached hydrogen (secondary N) is 1. The van der Waals surface area contributed by atoms with Gasteiger partial charge in [0, 0.05) is 22.6 Å². The standard InChI is InChI=1S/C24H22BrN3O3S2/c1-16(2)28(15-17-7-4-3-5-8-17)33(30,31)19-13-11-18(12-14-19)23(29)27-24-26-22-20(25)9-6-10-21(22)32-24/h3-14,16H,15H2,1-2H3,(H,26,27,29). The average Bonchev–Trinajstić information content (AvgIpc) is 3.22. The first kappa shape index (κ1) is 23.6. The lowest BCUT2D eigenvalue weighted by molar-refractivity contribution is 0.102. The summed E-state index contributed by atoms with van der Waals surface area (Å²) in [6.07, 6.45) is 0. The van der Waals surface area contributed by atoms with Gasteiger partial charge in [0.15, 0.2) is 5.13 Å². The lowest BCUT2D eigenvalue weighted by Crippen LogP contribution is -2.36. The molecule has 0 atom stereocenters. The predicted octanol–water partition coefficient (Wildman–Crippen LogP) is 5.91. The third-order valence-corrected chi connectivity index (χ3v) is 8.68. The molecule has 0 fully saturated rings. The number of carbonyl (C=O) groups is 1. The van der Waals surface area contributed by atoms with Crippen LogP contribution in [0.1, 0.15) is 29.8 Å². The number of hydrogen-bond donors (Lipinski definition) is 1. The minimum atomic E-state index is -3.74. The molecule has 0 unspecified atom stereocenters. The number of sulfonamides is 1. The van der Waals surface area contributed by atoms with E-state index in [9.17, 15) is 13.2 Å². The summed E-state index contributed by atoms with van der Waals surface area (Å²) in [5.41, 5.74) is 2.05. The number of carbonyl (C=O) groups excluding carboxylic acids is 1. The average molecular weight is 544 g/mol. The molecule has 4 aromatic rings. The Labute approximate surface area is 205 Å². The lowest BCUT2D eigenvalue weighted by atomic mass is 10.2. The summed E-state index contributed by atoms with van der Waals surface area (Å²) in [7, 11) is -3.74. The topological polar surface area (TPSA) is 79.4 Å². The summed E-state index contributed by atoms with van der Waals surface area (Å²) in [5.74, 6) is -0.348. The molecule has 0 bridgehead atoms. The zero-order valence-corrected chi connectivity index (χ0v) is 21.2. The molecule has 1 N–H and O–H groups in total. The Hall–Kier alpha value is -2.59. The largest absolute Gasteiger partial charge is 0.298 e. The van der Waals surface area contributed by atoms with Gasteiger partial charge in [-0.2, -0.15) is 4.31 Å². The molecule has 0 saturated heterocycles. The predicted molar refractivity (Wildman–Crippen MR) is 136 cm³/mol. The molecule has 0 saturated carbocycles. The van der Waals surface area contributed by atoms with Crippen molar-refractivity contribution >= 4 is 58.5 Å². The Morgan fingerprint density at radius 3 is 2.36 bits per heavy atom. The Balaban J connectivity index is 1.53. The van der Waals surface area contributed by atoms with Gasteiger partial charge in [0.2, 0.25) is 10.0 Å². The van der Waals surface area contributed by atoms with Gasteiger partial charge in [0.25, 0.3) is 5.91 Å². The van der Waals surface area contributed by atoms with Gasteiger partial charge in [0.05, 0.1) is 15.1 Å². The molecule has 3 aromatic carbocycles. The molecular weight excluding hydrogens is 522 g/mol. The molecular formula is C24H22BrN3O3S2. The molecule has 4 rings (SSSR count). The summed E-state index contributed by atoms with van der Waals surface area (Å²) < 4.78 is 29.9. The number of hydrogen-bond acceptors (Lipinski definition) is 5. The smallest absolute Gasteiger partial charge is 0.257 e. The van der Waals surface area contributed by atoms with E-state index in [2.05, 4.69) is 26.2 Å². The molecule has 6 nitrogen and oxygen atoms in total.